The van der Waals surface area contributed by atoms with Gasteiger partial charge in [0.15, 0.2) is 0 Å². The molecule has 26 heavy (non-hydrogen) atoms. The van der Waals surface area contributed by atoms with Gasteiger partial charge in [-0.15, -0.1) is 0 Å². The summed E-state index contributed by atoms with van der Waals surface area (Å²) in [7, 11) is 0. The van der Waals surface area contributed by atoms with Gasteiger partial charge in [-0.1, -0.05) is 0 Å². The van der Waals surface area contributed by atoms with Gasteiger partial charge >= 0.3 is 23.9 Å². The van der Waals surface area contributed by atoms with Crippen molar-refractivity contribution >= 4 is 34.6 Å². The molecule has 0 aliphatic rings. The predicted molar refractivity (Wildman–Crippen MR) is 90.7 cm³/mol. The molecule has 0 aliphatic carbocycles. The van der Waals surface area contributed by atoms with E-state index >= 15 is 0 Å². The van der Waals surface area contributed by atoms with Crippen LogP contribution in [0.25, 0.3) is 10.8 Å². The number of carbonyl (C=O) groups is 4. The van der Waals surface area contributed by atoms with Gasteiger partial charge in [0.25, 0.3) is 0 Å². The summed E-state index contributed by atoms with van der Waals surface area (Å²) < 4.78 is 0. The number of hydrogen-bond acceptors (Lipinski definition) is 4. The van der Waals surface area contributed by atoms with Crippen LogP contribution < -0.4 is 0 Å². The zero-order chi connectivity index (χ0) is 20.1. The second-order valence-corrected chi connectivity index (χ2v) is 5.97. The number of aryl methyl sites for hydroxylation is 2. The minimum Gasteiger partial charge on any atom is -0.478 e. The standard InChI is InChI=1S/C18H16O8/c1-5-6(2)8(4)10-9(7(5)3)11(15(19)20)13(17(23)24)14(18(25)26)12(10)16(21)22/h1-4H3,(H,19,20)(H,21,22)(H,23,24)(H,25,26). The van der Waals surface area contributed by atoms with Crippen molar-refractivity contribution in [3.8, 4) is 0 Å². The molecule has 0 unspecified atom stereocenters. The maximum Gasteiger partial charge on any atom is 0.337 e. The van der Waals surface area contributed by atoms with E-state index in [1.165, 1.54) is 0 Å². The van der Waals surface area contributed by atoms with Crippen molar-refractivity contribution < 1.29 is 39.6 Å². The van der Waals surface area contributed by atoms with Crippen molar-refractivity contribution in [1.82, 2.24) is 0 Å². The molecule has 0 amide bonds. The number of carboxylic acid groups (broad SMARTS) is 4. The van der Waals surface area contributed by atoms with Crippen LogP contribution in [0.4, 0.5) is 0 Å². The highest BCUT2D eigenvalue weighted by Crippen LogP contribution is 2.38. The van der Waals surface area contributed by atoms with Gasteiger partial charge in [-0.2, -0.15) is 0 Å². The molecule has 2 rings (SSSR count). The minimum absolute atomic E-state index is 0.0714. The van der Waals surface area contributed by atoms with Crippen LogP contribution in [0.2, 0.25) is 0 Å². The van der Waals surface area contributed by atoms with Gasteiger partial charge in [-0.05, 0) is 49.9 Å². The maximum atomic E-state index is 11.9. The molecule has 2 aromatic carbocycles. The molecule has 0 spiro atoms. The first-order chi connectivity index (χ1) is 11.9. The lowest BCUT2D eigenvalue weighted by Crippen LogP contribution is -2.21. The highest BCUT2D eigenvalue weighted by Gasteiger charge is 2.35. The summed E-state index contributed by atoms with van der Waals surface area (Å²) in [6.07, 6.45) is 0. The normalized spacial score (nSPS) is 10.8. The molecule has 0 bridgehead atoms. The average Bonchev–Trinajstić information content (AvgIpc) is 2.54. The van der Waals surface area contributed by atoms with E-state index in [0.717, 1.165) is 0 Å². The molecule has 8 nitrogen and oxygen atoms in total. The van der Waals surface area contributed by atoms with Crippen LogP contribution in [0.1, 0.15) is 63.7 Å². The molecule has 0 heterocycles. The molecule has 0 saturated carbocycles. The Morgan fingerprint density at radius 3 is 0.885 bits per heavy atom. The van der Waals surface area contributed by atoms with Gasteiger partial charge in [-0.25, -0.2) is 19.2 Å². The summed E-state index contributed by atoms with van der Waals surface area (Å²) in [6.45, 7) is 6.51. The molecule has 0 aliphatic heterocycles. The fourth-order valence-corrected chi connectivity index (χ4v) is 3.29. The van der Waals surface area contributed by atoms with Gasteiger partial charge in [0.1, 0.15) is 0 Å². The fraction of sp³-hybridized carbons (Fsp3) is 0.222. The van der Waals surface area contributed by atoms with E-state index in [9.17, 15) is 39.6 Å². The van der Waals surface area contributed by atoms with Crippen LogP contribution in [0.3, 0.4) is 0 Å². The monoisotopic (exact) mass is 360 g/mol. The molecule has 136 valence electrons. The number of rotatable bonds is 4. The Morgan fingerprint density at radius 1 is 0.462 bits per heavy atom. The van der Waals surface area contributed by atoms with E-state index in [0.29, 0.717) is 22.3 Å². The van der Waals surface area contributed by atoms with Gasteiger partial charge in [0, 0.05) is 10.8 Å². The van der Waals surface area contributed by atoms with Crippen LogP contribution in [0.5, 0.6) is 0 Å². The van der Waals surface area contributed by atoms with Crippen molar-refractivity contribution in [1.29, 1.82) is 0 Å². The van der Waals surface area contributed by atoms with Crippen molar-refractivity contribution in [2.45, 2.75) is 27.7 Å². The Balaban J connectivity index is 3.50. The maximum absolute atomic E-state index is 11.9. The molecule has 0 fully saturated rings. The molecular formula is C18H16O8. The van der Waals surface area contributed by atoms with Gasteiger partial charge in [0.05, 0.1) is 22.3 Å². The Hall–Kier alpha value is -3.42. The third-order valence-corrected chi connectivity index (χ3v) is 4.79. The first-order valence-corrected chi connectivity index (χ1v) is 7.46. The smallest absolute Gasteiger partial charge is 0.337 e. The first kappa shape index (κ1) is 18.9. The third-order valence-electron chi connectivity index (χ3n) is 4.79. The van der Waals surface area contributed by atoms with Crippen LogP contribution in [0.15, 0.2) is 0 Å². The SMILES string of the molecule is Cc1c(C)c(C)c2c(C(=O)O)c(C(=O)O)c(C(=O)O)c(C(=O)O)c2c1C. The number of benzene rings is 2. The van der Waals surface area contributed by atoms with Crippen molar-refractivity contribution in [2.24, 2.45) is 0 Å². The van der Waals surface area contributed by atoms with E-state index in [2.05, 4.69) is 0 Å². The quantitative estimate of drug-likeness (QED) is 0.650. The van der Waals surface area contributed by atoms with E-state index in [1.54, 1.807) is 27.7 Å². The highest BCUT2D eigenvalue weighted by molar-refractivity contribution is 6.24. The topological polar surface area (TPSA) is 149 Å². The van der Waals surface area contributed by atoms with Crippen LogP contribution in [0, 0.1) is 27.7 Å². The zero-order valence-electron chi connectivity index (χ0n) is 14.4. The largest absolute Gasteiger partial charge is 0.478 e. The molecule has 0 saturated heterocycles. The molecule has 0 atom stereocenters. The Bertz CT molecular complexity index is 948. The Kier molecular flexibility index (Phi) is 4.47. The zero-order valence-corrected chi connectivity index (χ0v) is 14.4. The van der Waals surface area contributed by atoms with Crippen LogP contribution in [-0.2, 0) is 0 Å². The first-order valence-electron chi connectivity index (χ1n) is 7.46. The summed E-state index contributed by atoms with van der Waals surface area (Å²) in [5.74, 6) is -6.92. The minimum atomic E-state index is -1.82. The number of hydrogen-bond donors (Lipinski definition) is 4. The van der Waals surface area contributed by atoms with Crippen molar-refractivity contribution in [3.05, 3.63) is 44.5 Å². The van der Waals surface area contributed by atoms with Crippen molar-refractivity contribution in [2.75, 3.05) is 0 Å². The molecule has 0 radical (unpaired) electrons. The van der Waals surface area contributed by atoms with E-state index in [-0.39, 0.29) is 10.8 Å². The van der Waals surface area contributed by atoms with E-state index < -0.39 is 46.1 Å². The lowest BCUT2D eigenvalue weighted by atomic mass is 9.82. The molecular weight excluding hydrogens is 344 g/mol. The summed E-state index contributed by atoms with van der Waals surface area (Å²) in [5.41, 5.74) is -1.40. The molecule has 8 heteroatoms. The molecule has 0 aromatic heterocycles. The number of aromatic carboxylic acids is 4. The van der Waals surface area contributed by atoms with Gasteiger partial charge in [0.2, 0.25) is 0 Å². The molecule has 4 N–H and O–H groups in total. The summed E-state index contributed by atoms with van der Waals surface area (Å²) in [5, 5.41) is 38.0. The Morgan fingerprint density at radius 2 is 0.692 bits per heavy atom. The predicted octanol–water partition coefficient (Wildman–Crippen LogP) is 2.87. The second kappa shape index (κ2) is 6.14. The lowest BCUT2D eigenvalue weighted by Gasteiger charge is -2.21. The third kappa shape index (κ3) is 2.46. The van der Waals surface area contributed by atoms with Crippen molar-refractivity contribution in [3.63, 3.8) is 0 Å². The summed E-state index contributed by atoms with van der Waals surface area (Å²) >= 11 is 0. The Labute approximate surface area is 147 Å². The second-order valence-electron chi connectivity index (χ2n) is 5.97. The van der Waals surface area contributed by atoms with E-state index in [1.807, 2.05) is 0 Å². The van der Waals surface area contributed by atoms with E-state index in [4.69, 9.17) is 0 Å². The summed E-state index contributed by atoms with van der Waals surface area (Å²) in [4.78, 5) is 47.1. The van der Waals surface area contributed by atoms with Gasteiger partial charge < -0.3 is 20.4 Å². The van der Waals surface area contributed by atoms with Crippen LogP contribution in [-0.4, -0.2) is 44.3 Å². The summed E-state index contributed by atoms with van der Waals surface area (Å²) in [6, 6.07) is 0. The van der Waals surface area contributed by atoms with Crippen LogP contribution >= 0.6 is 0 Å². The number of fused-ring (bicyclic) bond motifs is 1. The lowest BCUT2D eigenvalue weighted by molar-refractivity contribution is 0.0621. The average molecular weight is 360 g/mol. The fourth-order valence-electron chi connectivity index (χ4n) is 3.29. The number of carboxylic acids is 4. The van der Waals surface area contributed by atoms with Gasteiger partial charge in [-0.3, -0.25) is 0 Å². The molecule has 2 aromatic rings. The highest BCUT2D eigenvalue weighted by atomic mass is 16.4.